The van der Waals surface area contributed by atoms with Gasteiger partial charge in [-0.2, -0.15) is 5.10 Å². The van der Waals surface area contributed by atoms with Gasteiger partial charge in [-0.15, -0.1) is 11.3 Å². The van der Waals surface area contributed by atoms with Gasteiger partial charge in [-0.3, -0.25) is 9.48 Å². The summed E-state index contributed by atoms with van der Waals surface area (Å²) in [6.45, 7) is 3.86. The van der Waals surface area contributed by atoms with Crippen molar-refractivity contribution in [3.8, 4) is 0 Å². The number of sulfone groups is 1. The van der Waals surface area contributed by atoms with E-state index in [-0.39, 0.29) is 23.1 Å². The third-order valence-electron chi connectivity index (χ3n) is 3.58. The van der Waals surface area contributed by atoms with Crippen LogP contribution in [0, 0.1) is 13.8 Å². The molecule has 0 aliphatic carbocycles. The van der Waals surface area contributed by atoms with Crippen LogP contribution < -0.4 is 5.32 Å². The quantitative estimate of drug-likeness (QED) is 0.698. The predicted molar refractivity (Wildman–Crippen MR) is 99.8 cm³/mol. The molecule has 1 aromatic carbocycles. The van der Waals surface area contributed by atoms with Crippen LogP contribution in [-0.4, -0.2) is 29.1 Å². The van der Waals surface area contributed by atoms with Gasteiger partial charge in [-0.25, -0.2) is 13.4 Å². The monoisotopic (exact) mass is 390 g/mol. The first kappa shape index (κ1) is 18.3. The van der Waals surface area contributed by atoms with Crippen LogP contribution in [-0.2, 0) is 26.9 Å². The number of amides is 1. The van der Waals surface area contributed by atoms with Gasteiger partial charge in [0, 0.05) is 11.6 Å². The molecule has 2 heterocycles. The third-order valence-corrected chi connectivity index (χ3v) is 6.06. The van der Waals surface area contributed by atoms with Crippen molar-refractivity contribution in [2.24, 2.45) is 0 Å². The van der Waals surface area contributed by atoms with E-state index in [0.29, 0.717) is 10.8 Å². The number of aryl methyl sites for hydroxylation is 2. The van der Waals surface area contributed by atoms with E-state index in [0.717, 1.165) is 11.1 Å². The molecule has 0 radical (unpaired) electrons. The summed E-state index contributed by atoms with van der Waals surface area (Å²) in [6.07, 6.45) is 3.44. The molecule has 3 rings (SSSR count). The predicted octanol–water partition coefficient (Wildman–Crippen LogP) is 2.57. The Balaban J connectivity index is 1.64. The van der Waals surface area contributed by atoms with E-state index in [1.807, 2.05) is 13.8 Å². The van der Waals surface area contributed by atoms with E-state index in [9.17, 15) is 13.2 Å². The second-order valence-electron chi connectivity index (χ2n) is 5.98. The highest BCUT2D eigenvalue weighted by Gasteiger charge is 2.18. The number of rotatable bonds is 6. The SMILES string of the molecule is Cc1ccc(S(=O)(=O)Cc2csc(NC(=O)Cn3cc(C)cn3)n2)cc1. The topological polar surface area (TPSA) is 94.0 Å². The smallest absolute Gasteiger partial charge is 0.247 e. The average Bonchev–Trinajstić information content (AvgIpc) is 3.16. The number of anilines is 1. The summed E-state index contributed by atoms with van der Waals surface area (Å²) in [4.78, 5) is 16.5. The Morgan fingerprint density at radius 3 is 2.58 bits per heavy atom. The number of nitrogens with one attached hydrogen (secondary N) is 1. The molecule has 0 aliphatic heterocycles. The zero-order valence-electron chi connectivity index (χ0n) is 14.3. The number of thiazole rings is 1. The van der Waals surface area contributed by atoms with E-state index in [1.54, 1.807) is 42.0 Å². The molecule has 0 saturated heterocycles. The Kier molecular flexibility index (Phi) is 5.19. The molecule has 0 spiro atoms. The van der Waals surface area contributed by atoms with Crippen LogP contribution in [0.3, 0.4) is 0 Å². The van der Waals surface area contributed by atoms with Crippen LogP contribution >= 0.6 is 11.3 Å². The zero-order chi connectivity index (χ0) is 18.7. The molecule has 1 N–H and O–H groups in total. The van der Waals surface area contributed by atoms with Crippen molar-refractivity contribution in [2.75, 3.05) is 5.32 Å². The van der Waals surface area contributed by atoms with Crippen molar-refractivity contribution in [1.82, 2.24) is 14.8 Å². The first-order valence-corrected chi connectivity index (χ1v) is 10.4. The Labute approximate surface area is 155 Å². The molecule has 0 bridgehead atoms. The van der Waals surface area contributed by atoms with Gasteiger partial charge >= 0.3 is 0 Å². The molecule has 3 aromatic rings. The highest BCUT2D eigenvalue weighted by Crippen LogP contribution is 2.21. The lowest BCUT2D eigenvalue weighted by molar-refractivity contribution is -0.116. The van der Waals surface area contributed by atoms with Gasteiger partial charge in [-0.1, -0.05) is 17.7 Å². The summed E-state index contributed by atoms with van der Waals surface area (Å²) >= 11 is 1.19. The Morgan fingerprint density at radius 2 is 1.92 bits per heavy atom. The van der Waals surface area contributed by atoms with Gasteiger partial charge < -0.3 is 5.32 Å². The molecule has 2 aromatic heterocycles. The van der Waals surface area contributed by atoms with Crippen LogP contribution in [0.2, 0.25) is 0 Å². The van der Waals surface area contributed by atoms with Crippen molar-refractivity contribution in [3.05, 3.63) is 58.9 Å². The highest BCUT2D eigenvalue weighted by molar-refractivity contribution is 7.90. The van der Waals surface area contributed by atoms with E-state index in [1.165, 1.54) is 16.0 Å². The summed E-state index contributed by atoms with van der Waals surface area (Å²) in [5.74, 6) is -0.476. The third kappa shape index (κ3) is 4.55. The molecule has 26 heavy (non-hydrogen) atoms. The molecule has 9 heteroatoms. The number of aromatic nitrogens is 3. The van der Waals surface area contributed by atoms with Crippen molar-refractivity contribution in [1.29, 1.82) is 0 Å². The molecule has 1 amide bonds. The van der Waals surface area contributed by atoms with E-state index in [2.05, 4.69) is 15.4 Å². The largest absolute Gasteiger partial charge is 0.300 e. The Bertz CT molecular complexity index is 1020. The minimum absolute atomic E-state index is 0.0738. The molecule has 136 valence electrons. The second-order valence-corrected chi connectivity index (χ2v) is 8.83. The lowest BCUT2D eigenvalue weighted by Crippen LogP contribution is -2.19. The van der Waals surface area contributed by atoms with Crippen molar-refractivity contribution in [3.63, 3.8) is 0 Å². The molecule has 7 nitrogen and oxygen atoms in total. The molecular formula is C17H18N4O3S2. The van der Waals surface area contributed by atoms with Gasteiger partial charge in [-0.05, 0) is 31.5 Å². The molecular weight excluding hydrogens is 372 g/mol. The normalized spacial score (nSPS) is 11.5. The first-order valence-electron chi connectivity index (χ1n) is 7.84. The fourth-order valence-electron chi connectivity index (χ4n) is 2.31. The van der Waals surface area contributed by atoms with Gasteiger partial charge in [0.05, 0.1) is 22.5 Å². The average molecular weight is 390 g/mol. The van der Waals surface area contributed by atoms with Crippen LogP contribution in [0.15, 0.2) is 46.9 Å². The molecule has 0 fully saturated rings. The minimum atomic E-state index is -3.47. The number of hydrogen-bond acceptors (Lipinski definition) is 6. The molecule has 0 atom stereocenters. The van der Waals surface area contributed by atoms with Crippen molar-refractivity contribution in [2.45, 2.75) is 31.0 Å². The lowest BCUT2D eigenvalue weighted by Gasteiger charge is -2.03. The number of nitrogens with zero attached hydrogens (tertiary/aromatic N) is 3. The summed E-state index contributed by atoms with van der Waals surface area (Å²) in [7, 11) is -3.47. The minimum Gasteiger partial charge on any atom is -0.300 e. The highest BCUT2D eigenvalue weighted by atomic mass is 32.2. The maximum absolute atomic E-state index is 12.5. The number of benzene rings is 1. The van der Waals surface area contributed by atoms with Gasteiger partial charge in [0.2, 0.25) is 5.91 Å². The van der Waals surface area contributed by atoms with E-state index < -0.39 is 9.84 Å². The lowest BCUT2D eigenvalue weighted by atomic mass is 10.2. The first-order chi connectivity index (χ1) is 12.3. The van der Waals surface area contributed by atoms with E-state index >= 15 is 0 Å². The van der Waals surface area contributed by atoms with Crippen molar-refractivity contribution >= 4 is 32.2 Å². The summed E-state index contributed by atoms with van der Waals surface area (Å²) in [5, 5.41) is 8.72. The maximum atomic E-state index is 12.5. The van der Waals surface area contributed by atoms with E-state index in [4.69, 9.17) is 0 Å². The molecule has 0 aliphatic rings. The van der Waals surface area contributed by atoms with Crippen LogP contribution in [0.1, 0.15) is 16.8 Å². The van der Waals surface area contributed by atoms with Crippen LogP contribution in [0.5, 0.6) is 0 Å². The van der Waals surface area contributed by atoms with Crippen molar-refractivity contribution < 1.29 is 13.2 Å². The Hall–Kier alpha value is -2.52. The standard InChI is InChI=1S/C17H18N4O3S2/c1-12-3-5-15(6-4-12)26(23,24)11-14-10-25-17(19-14)20-16(22)9-21-8-13(2)7-18-21/h3-8,10H,9,11H2,1-2H3,(H,19,20,22). The van der Waals surface area contributed by atoms with Gasteiger partial charge in [0.25, 0.3) is 0 Å². The molecule has 0 unspecified atom stereocenters. The maximum Gasteiger partial charge on any atom is 0.247 e. The number of carbonyl (C=O) groups is 1. The number of hydrogen-bond donors (Lipinski definition) is 1. The Morgan fingerprint density at radius 1 is 1.19 bits per heavy atom. The van der Waals surface area contributed by atoms with Gasteiger partial charge in [0.1, 0.15) is 6.54 Å². The summed E-state index contributed by atoms with van der Waals surface area (Å²) < 4.78 is 26.4. The fraction of sp³-hybridized carbons (Fsp3) is 0.235. The fourth-order valence-corrected chi connectivity index (χ4v) is 4.40. The summed E-state index contributed by atoms with van der Waals surface area (Å²) in [6, 6.07) is 6.70. The zero-order valence-corrected chi connectivity index (χ0v) is 16.0. The summed E-state index contributed by atoms with van der Waals surface area (Å²) in [5.41, 5.74) is 2.37. The molecule has 0 saturated carbocycles. The van der Waals surface area contributed by atoms with Crippen LogP contribution in [0.4, 0.5) is 5.13 Å². The van der Waals surface area contributed by atoms with Gasteiger partial charge in [0.15, 0.2) is 15.0 Å². The van der Waals surface area contributed by atoms with Crippen LogP contribution in [0.25, 0.3) is 0 Å². The second kappa shape index (κ2) is 7.38. The number of carbonyl (C=O) groups excluding carboxylic acids is 1.